The fraction of sp³-hybridized carbons (Fsp3) is 0.538. The molecule has 0 fully saturated rings. The second-order valence-electron chi connectivity index (χ2n) is 4.03. The number of benzene rings is 1. The summed E-state index contributed by atoms with van der Waals surface area (Å²) in [4.78, 5) is 0.343. The number of hydrogen-bond acceptors (Lipinski definition) is 2. The lowest BCUT2D eigenvalue weighted by Crippen LogP contribution is -2.11. The highest BCUT2D eigenvalue weighted by molar-refractivity contribution is 9.09. The molecule has 2 N–H and O–H groups in total. The van der Waals surface area contributed by atoms with Gasteiger partial charge in [-0.15, -0.1) is 0 Å². The molecule has 1 aromatic carbocycles. The van der Waals surface area contributed by atoms with E-state index in [1.54, 1.807) is 6.07 Å². The van der Waals surface area contributed by atoms with E-state index in [-0.39, 0.29) is 17.4 Å². The van der Waals surface area contributed by atoms with Crippen molar-refractivity contribution in [1.82, 2.24) is 0 Å². The fourth-order valence-corrected chi connectivity index (χ4v) is 3.11. The molecular weight excluding hydrogens is 268 g/mol. The maximum atomic E-state index is 9.85. The first kappa shape index (κ1) is 13.4. The maximum Gasteiger partial charge on any atom is 0.160 e. The Hall–Kier alpha value is -0.700. The van der Waals surface area contributed by atoms with E-state index in [4.69, 9.17) is 0 Å². The molecule has 0 saturated carbocycles. The SMILES string of the molecule is CCCC(Br)C(CC)c1cccc(O)c1O. The van der Waals surface area contributed by atoms with Gasteiger partial charge in [0.2, 0.25) is 0 Å². The van der Waals surface area contributed by atoms with Crippen molar-refractivity contribution >= 4 is 15.9 Å². The summed E-state index contributed by atoms with van der Waals surface area (Å²) in [7, 11) is 0. The van der Waals surface area contributed by atoms with Gasteiger partial charge in [0.1, 0.15) is 0 Å². The first-order valence-electron chi connectivity index (χ1n) is 5.76. The first-order valence-corrected chi connectivity index (χ1v) is 6.68. The van der Waals surface area contributed by atoms with Crippen LogP contribution in [0.4, 0.5) is 0 Å². The van der Waals surface area contributed by atoms with E-state index in [2.05, 4.69) is 29.8 Å². The van der Waals surface area contributed by atoms with Crippen LogP contribution >= 0.6 is 15.9 Å². The van der Waals surface area contributed by atoms with Crippen molar-refractivity contribution in [3.63, 3.8) is 0 Å². The van der Waals surface area contributed by atoms with E-state index in [1.807, 2.05) is 6.07 Å². The van der Waals surface area contributed by atoms with Gasteiger partial charge in [-0.1, -0.05) is 48.3 Å². The molecule has 0 aromatic heterocycles. The largest absolute Gasteiger partial charge is 0.504 e. The van der Waals surface area contributed by atoms with Gasteiger partial charge in [0.15, 0.2) is 11.5 Å². The maximum absolute atomic E-state index is 9.85. The van der Waals surface area contributed by atoms with Gasteiger partial charge in [-0.05, 0) is 24.8 Å². The summed E-state index contributed by atoms with van der Waals surface area (Å²) in [5, 5.41) is 19.3. The highest BCUT2D eigenvalue weighted by atomic mass is 79.9. The average molecular weight is 287 g/mol. The lowest BCUT2D eigenvalue weighted by atomic mass is 9.90. The topological polar surface area (TPSA) is 40.5 Å². The van der Waals surface area contributed by atoms with Crippen LogP contribution in [0.2, 0.25) is 0 Å². The van der Waals surface area contributed by atoms with E-state index in [0.29, 0.717) is 4.83 Å². The number of aromatic hydroxyl groups is 2. The fourth-order valence-electron chi connectivity index (χ4n) is 2.00. The van der Waals surface area contributed by atoms with Crippen LogP contribution in [-0.4, -0.2) is 15.0 Å². The molecule has 2 unspecified atom stereocenters. The molecule has 0 bridgehead atoms. The first-order chi connectivity index (χ1) is 7.61. The zero-order valence-electron chi connectivity index (χ0n) is 9.78. The van der Waals surface area contributed by atoms with Crippen molar-refractivity contribution < 1.29 is 10.2 Å². The van der Waals surface area contributed by atoms with Crippen molar-refractivity contribution in [1.29, 1.82) is 0 Å². The summed E-state index contributed by atoms with van der Waals surface area (Å²) in [6.45, 7) is 4.24. The lowest BCUT2D eigenvalue weighted by Gasteiger charge is -2.22. The van der Waals surface area contributed by atoms with Crippen molar-refractivity contribution in [2.45, 2.75) is 43.9 Å². The summed E-state index contributed by atoms with van der Waals surface area (Å²) in [5.74, 6) is 0.231. The number of phenolic OH excluding ortho intramolecular Hbond substituents is 2. The van der Waals surface area contributed by atoms with E-state index in [9.17, 15) is 10.2 Å². The molecule has 16 heavy (non-hydrogen) atoms. The molecule has 3 heteroatoms. The number of phenols is 2. The van der Waals surface area contributed by atoms with Crippen LogP contribution in [0.15, 0.2) is 18.2 Å². The summed E-state index contributed by atoms with van der Waals surface area (Å²) in [6.07, 6.45) is 3.10. The molecule has 0 aliphatic heterocycles. The van der Waals surface area contributed by atoms with Crippen LogP contribution < -0.4 is 0 Å². The van der Waals surface area contributed by atoms with Crippen LogP contribution in [0.5, 0.6) is 11.5 Å². The minimum absolute atomic E-state index is 0.0231. The molecular formula is C13H19BrO2. The van der Waals surface area contributed by atoms with Gasteiger partial charge >= 0.3 is 0 Å². The van der Waals surface area contributed by atoms with E-state index >= 15 is 0 Å². The molecule has 0 radical (unpaired) electrons. The Balaban J connectivity index is 2.99. The number of hydrogen-bond donors (Lipinski definition) is 2. The molecule has 0 saturated heterocycles. The quantitative estimate of drug-likeness (QED) is 0.630. The number of alkyl halides is 1. The lowest BCUT2D eigenvalue weighted by molar-refractivity contribution is 0.393. The van der Waals surface area contributed by atoms with Crippen LogP contribution in [0.25, 0.3) is 0 Å². The summed E-state index contributed by atoms with van der Waals surface area (Å²) in [6, 6.07) is 5.17. The predicted octanol–water partition coefficient (Wildman–Crippen LogP) is 4.16. The molecule has 0 amide bonds. The van der Waals surface area contributed by atoms with Gasteiger partial charge in [0.25, 0.3) is 0 Å². The third kappa shape index (κ3) is 2.91. The van der Waals surface area contributed by atoms with Crippen molar-refractivity contribution in [3.8, 4) is 11.5 Å². The smallest absolute Gasteiger partial charge is 0.160 e. The summed E-state index contributed by atoms with van der Waals surface area (Å²) >= 11 is 3.67. The second kappa shape index (κ2) is 6.14. The van der Waals surface area contributed by atoms with Crippen LogP contribution in [0.3, 0.4) is 0 Å². The monoisotopic (exact) mass is 286 g/mol. The van der Waals surface area contributed by atoms with Crippen LogP contribution in [-0.2, 0) is 0 Å². The van der Waals surface area contributed by atoms with Gasteiger partial charge in [-0.2, -0.15) is 0 Å². The Morgan fingerprint density at radius 2 is 1.94 bits per heavy atom. The highest BCUT2D eigenvalue weighted by Gasteiger charge is 2.22. The minimum atomic E-state index is -0.0350. The second-order valence-corrected chi connectivity index (χ2v) is 5.21. The van der Waals surface area contributed by atoms with Gasteiger partial charge in [-0.25, -0.2) is 0 Å². The Kier molecular flexibility index (Phi) is 5.13. The van der Waals surface area contributed by atoms with E-state index < -0.39 is 0 Å². The zero-order chi connectivity index (χ0) is 12.1. The summed E-state index contributed by atoms with van der Waals surface area (Å²) in [5.41, 5.74) is 0.831. The molecule has 0 aliphatic carbocycles. The van der Waals surface area contributed by atoms with Gasteiger partial charge in [0, 0.05) is 10.4 Å². The third-order valence-corrected chi connectivity index (χ3v) is 3.98. The van der Waals surface area contributed by atoms with Crippen molar-refractivity contribution in [3.05, 3.63) is 23.8 Å². The average Bonchev–Trinajstić information content (AvgIpc) is 2.25. The summed E-state index contributed by atoms with van der Waals surface area (Å²) < 4.78 is 0. The van der Waals surface area contributed by atoms with Crippen LogP contribution in [0, 0.1) is 0 Å². The van der Waals surface area contributed by atoms with Crippen LogP contribution in [0.1, 0.15) is 44.6 Å². The molecule has 2 atom stereocenters. The predicted molar refractivity (Wildman–Crippen MR) is 70.4 cm³/mol. The van der Waals surface area contributed by atoms with Crippen molar-refractivity contribution in [2.24, 2.45) is 0 Å². The van der Waals surface area contributed by atoms with Gasteiger partial charge in [-0.3, -0.25) is 0 Å². The zero-order valence-corrected chi connectivity index (χ0v) is 11.4. The Morgan fingerprint density at radius 3 is 2.50 bits per heavy atom. The van der Waals surface area contributed by atoms with Gasteiger partial charge in [0.05, 0.1) is 0 Å². The van der Waals surface area contributed by atoms with E-state index in [0.717, 1.165) is 24.8 Å². The Morgan fingerprint density at radius 1 is 1.25 bits per heavy atom. The molecule has 0 heterocycles. The molecule has 1 rings (SSSR count). The molecule has 2 nitrogen and oxygen atoms in total. The highest BCUT2D eigenvalue weighted by Crippen LogP contribution is 2.39. The number of rotatable bonds is 5. The Bertz CT molecular complexity index is 339. The molecule has 0 spiro atoms. The molecule has 0 aliphatic rings. The molecule has 90 valence electrons. The van der Waals surface area contributed by atoms with Gasteiger partial charge < -0.3 is 10.2 Å². The Labute approximate surface area is 105 Å². The number of halogens is 1. The third-order valence-electron chi connectivity index (χ3n) is 2.89. The van der Waals surface area contributed by atoms with E-state index in [1.165, 1.54) is 6.07 Å². The molecule has 1 aromatic rings. The minimum Gasteiger partial charge on any atom is -0.504 e. The van der Waals surface area contributed by atoms with Crippen molar-refractivity contribution in [2.75, 3.05) is 0 Å². The number of para-hydroxylation sites is 1. The standard InChI is InChI=1S/C13H19BrO2/c1-3-6-11(14)9(4-2)10-7-5-8-12(15)13(10)16/h5,7-9,11,15-16H,3-4,6H2,1-2H3. The normalized spacial score (nSPS) is 14.7.